The molecule has 2 aliphatic heterocycles. The molecule has 1 aromatic heterocycles. The second-order valence-corrected chi connectivity index (χ2v) is 6.04. The van der Waals surface area contributed by atoms with E-state index >= 15 is 0 Å². The lowest BCUT2D eigenvalue weighted by molar-refractivity contribution is -0.150. The number of nitrogens with zero attached hydrogens (tertiary/aromatic N) is 2. The quantitative estimate of drug-likeness (QED) is 0.920. The summed E-state index contributed by atoms with van der Waals surface area (Å²) in [6.07, 6.45) is 7.83. The van der Waals surface area contributed by atoms with E-state index in [9.17, 15) is 0 Å². The van der Waals surface area contributed by atoms with Crippen molar-refractivity contribution in [3.63, 3.8) is 0 Å². The van der Waals surface area contributed by atoms with Gasteiger partial charge >= 0.3 is 0 Å². The number of hydrogen-bond acceptors (Lipinski definition) is 5. The van der Waals surface area contributed by atoms with Crippen LogP contribution in [0, 0.1) is 5.92 Å². The lowest BCUT2D eigenvalue weighted by Crippen LogP contribution is -2.47. The fourth-order valence-corrected chi connectivity index (χ4v) is 3.60. The average molecular weight is 291 g/mol. The summed E-state index contributed by atoms with van der Waals surface area (Å²) in [7, 11) is 0. The van der Waals surface area contributed by atoms with E-state index in [0.29, 0.717) is 5.92 Å². The van der Waals surface area contributed by atoms with Gasteiger partial charge in [0.25, 0.3) is 0 Å². The molecule has 2 atom stereocenters. The van der Waals surface area contributed by atoms with Crippen molar-refractivity contribution in [1.82, 2.24) is 15.3 Å². The van der Waals surface area contributed by atoms with Crippen LogP contribution in [0.4, 0.5) is 0 Å². The molecule has 5 nitrogen and oxygen atoms in total. The highest BCUT2D eigenvalue weighted by molar-refractivity contribution is 5.02. The molecule has 3 heterocycles. The molecule has 2 aliphatic rings. The molecule has 116 valence electrons. The molecule has 2 saturated heterocycles. The molecular formula is C16H25N3O2. The van der Waals surface area contributed by atoms with Crippen molar-refractivity contribution in [2.45, 2.75) is 44.2 Å². The van der Waals surface area contributed by atoms with E-state index in [1.165, 1.54) is 0 Å². The van der Waals surface area contributed by atoms with Crippen LogP contribution >= 0.6 is 0 Å². The van der Waals surface area contributed by atoms with Crippen LogP contribution in [-0.2, 0) is 9.47 Å². The van der Waals surface area contributed by atoms with Gasteiger partial charge in [0.15, 0.2) is 0 Å². The highest BCUT2D eigenvalue weighted by Gasteiger charge is 2.41. The summed E-state index contributed by atoms with van der Waals surface area (Å²) < 4.78 is 11.7. The summed E-state index contributed by atoms with van der Waals surface area (Å²) in [4.78, 5) is 8.93. The van der Waals surface area contributed by atoms with E-state index < -0.39 is 0 Å². The smallest absolute Gasteiger partial charge is 0.145 e. The fraction of sp³-hybridized carbons (Fsp3) is 0.750. The molecule has 1 N–H and O–H groups in total. The maximum absolute atomic E-state index is 6.15. The average Bonchev–Trinajstić information content (AvgIpc) is 2.54. The summed E-state index contributed by atoms with van der Waals surface area (Å²) >= 11 is 0. The van der Waals surface area contributed by atoms with Gasteiger partial charge in [0.2, 0.25) is 0 Å². The van der Waals surface area contributed by atoms with Gasteiger partial charge in [-0.15, -0.1) is 0 Å². The number of nitrogens with one attached hydrogen (secondary N) is 1. The van der Waals surface area contributed by atoms with Crippen molar-refractivity contribution in [3.8, 4) is 0 Å². The maximum atomic E-state index is 6.15. The standard InChI is InChI=1S/C16H25N3O2/c1-2-17-14(15-18-7-3-8-19-15)13-4-9-21-16(12-13)5-10-20-11-6-16/h3,7-8,13-14,17H,2,4-6,9-12H2,1H3. The van der Waals surface area contributed by atoms with Crippen molar-refractivity contribution < 1.29 is 9.47 Å². The molecule has 1 spiro atoms. The number of ether oxygens (including phenoxy) is 2. The molecule has 1 aromatic rings. The Morgan fingerprint density at radius 1 is 1.29 bits per heavy atom. The van der Waals surface area contributed by atoms with Crippen molar-refractivity contribution in [3.05, 3.63) is 24.3 Å². The molecule has 21 heavy (non-hydrogen) atoms. The summed E-state index contributed by atoms with van der Waals surface area (Å²) in [6, 6.07) is 2.09. The topological polar surface area (TPSA) is 56.3 Å². The highest BCUT2D eigenvalue weighted by atomic mass is 16.5. The molecule has 0 radical (unpaired) electrons. The zero-order chi connectivity index (χ0) is 14.5. The molecule has 0 aromatic carbocycles. The number of aromatic nitrogens is 2. The Hall–Kier alpha value is -1.04. The third-order valence-electron chi connectivity index (χ3n) is 4.69. The van der Waals surface area contributed by atoms with Crippen LogP contribution in [0.3, 0.4) is 0 Å². The number of hydrogen-bond donors (Lipinski definition) is 1. The normalized spacial score (nSPS) is 26.6. The van der Waals surface area contributed by atoms with Gasteiger partial charge in [0.1, 0.15) is 5.82 Å². The van der Waals surface area contributed by atoms with Crippen molar-refractivity contribution in [2.24, 2.45) is 5.92 Å². The zero-order valence-electron chi connectivity index (χ0n) is 12.8. The first-order valence-corrected chi connectivity index (χ1v) is 8.05. The predicted octanol–water partition coefficient (Wildman–Crippen LogP) is 2.10. The molecule has 0 saturated carbocycles. The van der Waals surface area contributed by atoms with Crippen LogP contribution in [0.15, 0.2) is 18.5 Å². The Morgan fingerprint density at radius 2 is 2.05 bits per heavy atom. The van der Waals surface area contributed by atoms with E-state index in [1.807, 2.05) is 18.5 Å². The first-order chi connectivity index (χ1) is 10.3. The Labute approximate surface area is 126 Å². The van der Waals surface area contributed by atoms with Crippen LogP contribution < -0.4 is 5.32 Å². The van der Waals surface area contributed by atoms with Gasteiger partial charge < -0.3 is 14.8 Å². The maximum Gasteiger partial charge on any atom is 0.145 e. The number of rotatable bonds is 4. The molecule has 0 amide bonds. The minimum Gasteiger partial charge on any atom is -0.381 e. The van der Waals surface area contributed by atoms with Crippen molar-refractivity contribution in [1.29, 1.82) is 0 Å². The molecule has 2 fully saturated rings. The summed E-state index contributed by atoms with van der Waals surface area (Å²) in [6.45, 7) is 5.54. The van der Waals surface area contributed by atoms with Crippen LogP contribution in [0.1, 0.15) is 44.5 Å². The van der Waals surface area contributed by atoms with Crippen LogP contribution in [0.25, 0.3) is 0 Å². The third-order valence-corrected chi connectivity index (χ3v) is 4.69. The minimum atomic E-state index is 0.0175. The van der Waals surface area contributed by atoms with Gasteiger partial charge in [-0.25, -0.2) is 9.97 Å². The van der Waals surface area contributed by atoms with Gasteiger partial charge in [0, 0.05) is 32.2 Å². The second-order valence-electron chi connectivity index (χ2n) is 6.04. The monoisotopic (exact) mass is 291 g/mol. The Balaban J connectivity index is 1.76. The van der Waals surface area contributed by atoms with Crippen LogP contribution in [-0.4, -0.2) is 41.9 Å². The Kier molecular flexibility index (Phi) is 4.83. The van der Waals surface area contributed by atoms with Gasteiger partial charge in [-0.1, -0.05) is 6.92 Å². The Morgan fingerprint density at radius 3 is 2.76 bits per heavy atom. The summed E-state index contributed by atoms with van der Waals surface area (Å²) in [5.74, 6) is 1.44. The van der Waals surface area contributed by atoms with E-state index in [-0.39, 0.29) is 11.6 Å². The first kappa shape index (κ1) is 14.9. The predicted molar refractivity (Wildman–Crippen MR) is 79.9 cm³/mol. The van der Waals surface area contributed by atoms with Gasteiger partial charge in [-0.3, -0.25) is 0 Å². The van der Waals surface area contributed by atoms with Gasteiger partial charge in [-0.05, 0) is 44.2 Å². The third kappa shape index (κ3) is 3.42. The summed E-state index contributed by atoms with van der Waals surface area (Å²) in [5.41, 5.74) is 0.0175. The summed E-state index contributed by atoms with van der Waals surface area (Å²) in [5, 5.41) is 3.58. The molecule has 0 aliphatic carbocycles. The molecule has 5 heteroatoms. The Bertz CT molecular complexity index is 429. The SMILES string of the molecule is CCNC(c1ncccn1)C1CCOC2(CCOCC2)C1. The van der Waals surface area contributed by atoms with Crippen molar-refractivity contribution in [2.75, 3.05) is 26.4 Å². The van der Waals surface area contributed by atoms with Gasteiger partial charge in [-0.2, -0.15) is 0 Å². The lowest BCUT2D eigenvalue weighted by Gasteiger charge is -2.45. The van der Waals surface area contributed by atoms with Gasteiger partial charge in [0.05, 0.1) is 11.6 Å². The minimum absolute atomic E-state index is 0.0175. The zero-order valence-corrected chi connectivity index (χ0v) is 12.8. The molecule has 3 rings (SSSR count). The molecule has 0 bridgehead atoms. The van der Waals surface area contributed by atoms with E-state index in [0.717, 1.165) is 57.9 Å². The fourth-order valence-electron chi connectivity index (χ4n) is 3.60. The van der Waals surface area contributed by atoms with Crippen LogP contribution in [0.5, 0.6) is 0 Å². The van der Waals surface area contributed by atoms with E-state index in [1.54, 1.807) is 0 Å². The first-order valence-electron chi connectivity index (χ1n) is 8.05. The second kappa shape index (κ2) is 6.81. The van der Waals surface area contributed by atoms with Crippen LogP contribution in [0.2, 0.25) is 0 Å². The highest BCUT2D eigenvalue weighted by Crippen LogP contribution is 2.41. The molecule has 2 unspecified atom stereocenters. The van der Waals surface area contributed by atoms with E-state index in [4.69, 9.17) is 9.47 Å². The van der Waals surface area contributed by atoms with E-state index in [2.05, 4.69) is 22.2 Å². The lowest BCUT2D eigenvalue weighted by atomic mass is 9.77. The van der Waals surface area contributed by atoms with Crippen molar-refractivity contribution >= 4 is 0 Å². The largest absolute Gasteiger partial charge is 0.381 e. The molecular weight excluding hydrogens is 266 g/mol.